The first-order valence-corrected chi connectivity index (χ1v) is 7.10. The quantitative estimate of drug-likeness (QED) is 0.871. The Morgan fingerprint density at radius 3 is 3.26 bits per heavy atom. The first-order valence-electron chi connectivity index (χ1n) is 6.22. The van der Waals surface area contributed by atoms with Crippen LogP contribution in [0, 0.1) is 0 Å². The monoisotopic (exact) mass is 280 g/mol. The molecule has 2 N–H and O–H groups in total. The molecule has 1 unspecified atom stereocenters. The van der Waals surface area contributed by atoms with E-state index in [0.29, 0.717) is 19.1 Å². The number of aliphatic hydroxyl groups is 1. The Morgan fingerprint density at radius 1 is 1.58 bits per heavy atom. The molecule has 0 amide bonds. The minimum absolute atomic E-state index is 0.0350. The number of aliphatic hydroxyl groups excluding tert-OH is 1. The maximum Gasteiger partial charge on any atom is 0.225 e. The zero-order chi connectivity index (χ0) is 13.2. The number of fused-ring (bicyclic) bond motifs is 1. The highest BCUT2D eigenvalue weighted by Crippen LogP contribution is 2.29. The van der Waals surface area contributed by atoms with Crippen molar-refractivity contribution >= 4 is 33.3 Å². The third-order valence-corrected chi connectivity index (χ3v) is 3.98. The van der Waals surface area contributed by atoms with E-state index in [1.807, 2.05) is 18.5 Å². The van der Waals surface area contributed by atoms with Crippen molar-refractivity contribution in [2.75, 3.05) is 43.6 Å². The normalized spacial score (nSPS) is 19.9. The lowest BCUT2D eigenvalue weighted by molar-refractivity contribution is 0.00344. The lowest BCUT2D eigenvalue weighted by atomic mass is 10.2. The van der Waals surface area contributed by atoms with Gasteiger partial charge < -0.3 is 20.1 Å². The topological polar surface area (TPSA) is 70.5 Å². The number of hydrogen-bond donors (Lipinski definition) is 2. The van der Waals surface area contributed by atoms with Gasteiger partial charge in [0.1, 0.15) is 10.6 Å². The maximum absolute atomic E-state index is 9.24. The smallest absolute Gasteiger partial charge is 0.225 e. The minimum atomic E-state index is -0.143. The first kappa shape index (κ1) is 12.6. The van der Waals surface area contributed by atoms with Crippen LogP contribution in [0.5, 0.6) is 0 Å². The summed E-state index contributed by atoms with van der Waals surface area (Å²) in [5.41, 5.74) is 0. The van der Waals surface area contributed by atoms with E-state index >= 15 is 0 Å². The van der Waals surface area contributed by atoms with Crippen molar-refractivity contribution in [1.82, 2.24) is 9.97 Å². The molecule has 0 aliphatic carbocycles. The average molecular weight is 280 g/mol. The van der Waals surface area contributed by atoms with Gasteiger partial charge in [0.15, 0.2) is 0 Å². The predicted molar refractivity (Wildman–Crippen MR) is 76.0 cm³/mol. The van der Waals surface area contributed by atoms with E-state index in [4.69, 9.17) is 4.74 Å². The highest BCUT2D eigenvalue weighted by molar-refractivity contribution is 7.16. The van der Waals surface area contributed by atoms with Crippen molar-refractivity contribution in [3.05, 3.63) is 11.4 Å². The van der Waals surface area contributed by atoms with Crippen molar-refractivity contribution in [2.45, 2.75) is 6.10 Å². The van der Waals surface area contributed by atoms with E-state index in [9.17, 15) is 5.11 Å². The standard InChI is InChI=1S/C12H16N4O2S/c1-13-12-14-10(9-2-5-19-11(9)15-12)16-3-4-18-8(6-16)7-17/h2,5,8,17H,3-4,6-7H2,1H3,(H,13,14,15). The Hall–Kier alpha value is -1.44. The maximum atomic E-state index is 9.24. The van der Waals surface area contributed by atoms with Gasteiger partial charge in [0.25, 0.3) is 0 Å². The van der Waals surface area contributed by atoms with Crippen LogP contribution >= 0.6 is 11.3 Å². The van der Waals surface area contributed by atoms with Crippen LogP contribution in [0.3, 0.4) is 0 Å². The van der Waals surface area contributed by atoms with Gasteiger partial charge in [-0.25, -0.2) is 4.98 Å². The summed E-state index contributed by atoms with van der Waals surface area (Å²) in [6.45, 7) is 2.08. The van der Waals surface area contributed by atoms with Gasteiger partial charge in [-0.15, -0.1) is 11.3 Å². The average Bonchev–Trinajstić information content (AvgIpc) is 2.94. The fourth-order valence-electron chi connectivity index (χ4n) is 2.21. The molecule has 1 aliphatic rings. The van der Waals surface area contributed by atoms with Crippen LogP contribution in [0.4, 0.5) is 11.8 Å². The summed E-state index contributed by atoms with van der Waals surface area (Å²) in [6, 6.07) is 2.04. The molecule has 3 heterocycles. The molecule has 7 heteroatoms. The lowest BCUT2D eigenvalue weighted by Crippen LogP contribution is -2.44. The Labute approximate surface area is 115 Å². The molecule has 0 saturated carbocycles. The van der Waals surface area contributed by atoms with E-state index in [1.165, 1.54) is 0 Å². The second kappa shape index (κ2) is 5.28. The van der Waals surface area contributed by atoms with E-state index in [1.54, 1.807) is 11.3 Å². The third kappa shape index (κ3) is 2.36. The number of rotatable bonds is 3. The zero-order valence-electron chi connectivity index (χ0n) is 10.7. The fraction of sp³-hybridized carbons (Fsp3) is 0.500. The summed E-state index contributed by atoms with van der Waals surface area (Å²) in [6.07, 6.45) is -0.143. The van der Waals surface area contributed by atoms with Gasteiger partial charge in [-0.2, -0.15) is 4.98 Å². The van der Waals surface area contributed by atoms with Gasteiger partial charge >= 0.3 is 0 Å². The second-order valence-electron chi connectivity index (χ2n) is 4.38. The van der Waals surface area contributed by atoms with Crippen LogP contribution in [0.25, 0.3) is 10.2 Å². The molecule has 1 atom stereocenters. The molecule has 0 radical (unpaired) electrons. The summed E-state index contributed by atoms with van der Waals surface area (Å²) in [5.74, 6) is 1.54. The Morgan fingerprint density at radius 2 is 2.47 bits per heavy atom. The molecule has 102 valence electrons. The number of ether oxygens (including phenoxy) is 1. The van der Waals surface area contributed by atoms with Crippen molar-refractivity contribution in [2.24, 2.45) is 0 Å². The summed E-state index contributed by atoms with van der Waals surface area (Å²) < 4.78 is 5.48. The number of hydrogen-bond acceptors (Lipinski definition) is 7. The SMILES string of the molecule is CNc1nc(N2CCOC(CO)C2)c2ccsc2n1. The molecule has 1 fully saturated rings. The molecular weight excluding hydrogens is 264 g/mol. The van der Waals surface area contributed by atoms with Gasteiger partial charge in [-0.3, -0.25) is 0 Å². The van der Waals surface area contributed by atoms with Crippen LogP contribution in [0.2, 0.25) is 0 Å². The van der Waals surface area contributed by atoms with Gasteiger partial charge in [-0.05, 0) is 11.4 Å². The van der Waals surface area contributed by atoms with E-state index in [2.05, 4.69) is 20.2 Å². The Kier molecular flexibility index (Phi) is 3.50. The molecule has 2 aromatic heterocycles. The van der Waals surface area contributed by atoms with Crippen LogP contribution in [0.15, 0.2) is 11.4 Å². The molecule has 1 aliphatic heterocycles. The van der Waals surface area contributed by atoms with Gasteiger partial charge in [-0.1, -0.05) is 0 Å². The van der Waals surface area contributed by atoms with Gasteiger partial charge in [0.05, 0.1) is 24.7 Å². The van der Waals surface area contributed by atoms with Crippen molar-refractivity contribution in [3.63, 3.8) is 0 Å². The molecule has 1 saturated heterocycles. The number of thiophene rings is 1. The molecule has 19 heavy (non-hydrogen) atoms. The molecule has 6 nitrogen and oxygen atoms in total. The van der Waals surface area contributed by atoms with E-state index < -0.39 is 0 Å². The largest absolute Gasteiger partial charge is 0.394 e. The van der Waals surface area contributed by atoms with Crippen LogP contribution in [0.1, 0.15) is 0 Å². The highest BCUT2D eigenvalue weighted by atomic mass is 32.1. The zero-order valence-corrected chi connectivity index (χ0v) is 11.5. The molecule has 0 aromatic carbocycles. The first-order chi connectivity index (χ1) is 9.31. The summed E-state index contributed by atoms with van der Waals surface area (Å²) in [7, 11) is 1.81. The predicted octanol–water partition coefficient (Wildman–Crippen LogP) is 0.930. The molecular formula is C12H16N4O2S. The Bertz CT molecular complexity index is 574. The van der Waals surface area contributed by atoms with Crippen molar-refractivity contribution in [3.8, 4) is 0 Å². The number of morpholine rings is 1. The molecule has 0 spiro atoms. The third-order valence-electron chi connectivity index (χ3n) is 3.17. The van der Waals surface area contributed by atoms with Crippen LogP contribution in [-0.4, -0.2) is 54.5 Å². The van der Waals surface area contributed by atoms with E-state index in [-0.39, 0.29) is 12.7 Å². The van der Waals surface area contributed by atoms with Crippen molar-refractivity contribution in [1.29, 1.82) is 0 Å². The fourth-order valence-corrected chi connectivity index (χ4v) is 2.97. The number of nitrogens with zero attached hydrogens (tertiary/aromatic N) is 3. The number of anilines is 2. The van der Waals surface area contributed by atoms with Crippen molar-refractivity contribution < 1.29 is 9.84 Å². The summed E-state index contributed by atoms with van der Waals surface area (Å²) in [5, 5.41) is 15.3. The summed E-state index contributed by atoms with van der Waals surface area (Å²) >= 11 is 1.60. The second-order valence-corrected chi connectivity index (χ2v) is 5.28. The van der Waals surface area contributed by atoms with Crippen LogP contribution in [-0.2, 0) is 4.74 Å². The van der Waals surface area contributed by atoms with Gasteiger partial charge in [0, 0.05) is 20.1 Å². The van der Waals surface area contributed by atoms with E-state index in [0.717, 1.165) is 22.6 Å². The minimum Gasteiger partial charge on any atom is -0.394 e. The number of aromatic nitrogens is 2. The lowest BCUT2D eigenvalue weighted by Gasteiger charge is -2.33. The number of nitrogens with one attached hydrogen (secondary N) is 1. The van der Waals surface area contributed by atoms with Gasteiger partial charge in [0.2, 0.25) is 5.95 Å². The molecule has 3 rings (SSSR count). The van der Waals surface area contributed by atoms with Crippen LogP contribution < -0.4 is 10.2 Å². The Balaban J connectivity index is 2.00. The summed E-state index contributed by atoms with van der Waals surface area (Å²) in [4.78, 5) is 12.1. The molecule has 2 aromatic rings. The highest BCUT2D eigenvalue weighted by Gasteiger charge is 2.23. The molecule has 0 bridgehead atoms.